The van der Waals surface area contributed by atoms with Gasteiger partial charge in [-0.05, 0) is 124 Å². The Morgan fingerprint density at radius 3 is 0.591 bits per heavy atom. The molecule has 0 aromatic heterocycles. The van der Waals surface area contributed by atoms with Gasteiger partial charge in [-0.2, -0.15) is 0 Å². The van der Waals surface area contributed by atoms with Gasteiger partial charge in [0.15, 0.2) is 25.0 Å². The predicted octanol–water partition coefficient (Wildman–Crippen LogP) is 7.96. The van der Waals surface area contributed by atoms with Gasteiger partial charge in [-0.3, -0.25) is 0 Å². The molecule has 6 saturated heterocycles. The van der Waals surface area contributed by atoms with Crippen LogP contribution >= 0.6 is 0 Å². The van der Waals surface area contributed by atoms with E-state index < -0.39 is 136 Å². The first-order chi connectivity index (χ1) is 28.9. The predicted molar refractivity (Wildman–Crippen MR) is 290 cm³/mol. The lowest BCUT2D eigenvalue weighted by atomic mass is 11.8. The van der Waals surface area contributed by atoms with Crippen molar-refractivity contribution in [2.24, 2.45) is 0 Å². The van der Waals surface area contributed by atoms with E-state index in [0.29, 0.717) is 0 Å². The Hall–Kier alpha value is 2.67. The summed E-state index contributed by atoms with van der Waals surface area (Å²) in [6, 6.07) is 0. The zero-order valence-electron chi connectivity index (χ0n) is 46.2. The van der Waals surface area contributed by atoms with Crippen LogP contribution in [0.4, 0.5) is 0 Å². The highest BCUT2D eigenvalue weighted by Crippen LogP contribution is 2.51. The van der Waals surface area contributed by atoms with Gasteiger partial charge in [0.25, 0.3) is 0 Å². The van der Waals surface area contributed by atoms with Crippen molar-refractivity contribution in [2.75, 3.05) is 35.5 Å². The molecule has 0 unspecified atom stereocenters. The third-order valence-corrected chi connectivity index (χ3v) is 84.3. The first-order valence-corrected chi connectivity index (χ1v) is 65.5. The molecule has 6 rings (SSSR count). The molecule has 0 aromatic carbocycles. The van der Waals surface area contributed by atoms with Crippen molar-refractivity contribution < 1.29 is 83.9 Å². The standard InChI is InChI=1S/C12H36O14Si10.C8H24O2Si3.C6H18O3Si2.C4H12OSi/c1-13-27(3)15-29(5)19-33(9)23-31(7)17-28(4,14-2)18-32(8)25-35(33,11)21-30(6,16-27)22-36(12,26-32)34(10,20-29)24-31;1-11(2,3)9-13(7,8)10-12(4,5)6;1-7-10(3,4)9-11(5,6)8-2;1-5-6(2,3)4/h1-12H3;1-8H3;1-6H3;1-4H3. The highest BCUT2D eigenvalue weighted by molar-refractivity contribution is 7.41. The van der Waals surface area contributed by atoms with E-state index in [0.717, 1.165) is 0 Å². The smallest absolute Gasteiger partial charge is 0.437 e. The number of hydrogen-bond donors (Lipinski definition) is 0. The molecule has 6 fully saturated rings. The van der Waals surface area contributed by atoms with Gasteiger partial charge in [-0.1, -0.05) is 0 Å². The summed E-state index contributed by atoms with van der Waals surface area (Å²) in [5.41, 5.74) is 0. The van der Waals surface area contributed by atoms with Gasteiger partial charge >= 0.3 is 111 Å². The Balaban J connectivity index is 0.000000408. The lowest BCUT2D eigenvalue weighted by Crippen LogP contribution is -2.87. The lowest BCUT2D eigenvalue weighted by molar-refractivity contribution is 0.103. The van der Waals surface area contributed by atoms with Crippen LogP contribution in [0.15, 0.2) is 0 Å². The fourth-order valence-corrected chi connectivity index (χ4v) is 103. The van der Waals surface area contributed by atoms with Crippen LogP contribution in [0, 0.1) is 0 Å². The Morgan fingerprint density at radius 2 is 0.455 bits per heavy atom. The lowest BCUT2D eigenvalue weighted by Gasteiger charge is -2.58. The molecule has 0 atom stereocenters. The summed E-state index contributed by atoms with van der Waals surface area (Å²) >= 11 is 0. The van der Waals surface area contributed by atoms with Crippen molar-refractivity contribution in [2.45, 2.75) is 164 Å². The van der Waals surface area contributed by atoms with Crippen LogP contribution in [-0.2, 0) is 83.9 Å². The van der Waals surface area contributed by atoms with Crippen LogP contribution in [0.25, 0.3) is 0 Å². The SMILES string of the molecule is CO[Si](C)(C)C.CO[Si](C)(C)O[Si](C)(C)OC.CO[Si]1(C)O[Si]2(C)O[Si]3(C)O[Si]4(C)O[Si](C)(OC)O[Si]5(C)O[Si]3(C)O[Si](C)(O1)O[Si](C)(O5)[Si](C)(O2)O4.C[Si](C)(C)O[Si](C)(C)O[Si](C)(C)C. The topological polar surface area (TPSA) is 185 Å². The fourth-order valence-electron chi connectivity index (χ4n) is 7.63. The summed E-state index contributed by atoms with van der Waals surface area (Å²) in [6.07, 6.45) is 0. The van der Waals surface area contributed by atoms with Crippen molar-refractivity contribution in [1.29, 1.82) is 0 Å². The molecule has 0 spiro atoms. The van der Waals surface area contributed by atoms with E-state index in [1.165, 1.54) is 14.2 Å². The van der Waals surface area contributed by atoms with E-state index in [1.54, 1.807) is 34.4 Å². The third-order valence-electron chi connectivity index (χ3n) is 10.1. The van der Waals surface area contributed by atoms with E-state index in [4.69, 9.17) is 83.9 Å². The average Bonchev–Trinajstić information content (AvgIpc) is 3.08. The Bertz CT molecular complexity index is 1440. The van der Waals surface area contributed by atoms with E-state index in [1.807, 2.05) is 78.6 Å². The van der Waals surface area contributed by atoms with Crippen molar-refractivity contribution in [3.05, 3.63) is 0 Å². The first-order valence-electron chi connectivity index (χ1n) is 22.2. The quantitative estimate of drug-likeness (QED) is 0.181. The van der Waals surface area contributed by atoms with Gasteiger partial charge in [-0.15, -0.1) is 0 Å². The molecule has 6 aliphatic heterocycles. The van der Waals surface area contributed by atoms with Crippen LogP contribution in [0.2, 0.25) is 164 Å². The highest BCUT2D eigenvalue weighted by atomic mass is 29.3. The summed E-state index contributed by atoms with van der Waals surface area (Å²) in [5.74, 6) is 0. The van der Waals surface area contributed by atoms with Crippen molar-refractivity contribution >= 4 is 136 Å². The minimum atomic E-state index is -3.60. The molecule has 6 aliphatic rings. The minimum Gasteiger partial charge on any atom is -0.437 e. The summed E-state index contributed by atoms with van der Waals surface area (Å²) in [5, 5.41) is 0. The monoisotopic (exact) mass is 1220 g/mol. The average molecular weight is 1220 g/mol. The molecular weight excluding hydrogens is 1130 g/mol. The van der Waals surface area contributed by atoms with E-state index in [2.05, 4.69) is 72.0 Å². The van der Waals surface area contributed by atoms with Gasteiger partial charge in [0.1, 0.15) is 0 Å². The van der Waals surface area contributed by atoms with Gasteiger partial charge in [0.2, 0.25) is 0 Å². The van der Waals surface area contributed by atoms with Crippen LogP contribution in [-0.4, -0.2) is 171 Å². The largest absolute Gasteiger partial charge is 0.482 e. The molecule has 20 nitrogen and oxygen atoms in total. The Kier molecular flexibility index (Phi) is 21.0. The maximum absolute atomic E-state index is 6.98. The van der Waals surface area contributed by atoms with E-state index in [9.17, 15) is 0 Å². The molecule has 66 heavy (non-hydrogen) atoms. The highest BCUT2D eigenvalue weighted by Gasteiger charge is 2.83. The van der Waals surface area contributed by atoms with Crippen LogP contribution in [0.3, 0.4) is 0 Å². The van der Waals surface area contributed by atoms with Gasteiger partial charge < -0.3 is 83.9 Å². The second-order valence-electron chi connectivity index (χ2n) is 22.0. The second-order valence-corrected chi connectivity index (χ2v) is 86.2. The molecule has 0 amide bonds. The molecule has 0 radical (unpaired) electrons. The normalized spacial score (nSPS) is 40.6. The van der Waals surface area contributed by atoms with E-state index >= 15 is 0 Å². The maximum Gasteiger partial charge on any atom is 0.482 e. The summed E-state index contributed by atoms with van der Waals surface area (Å²) < 4.78 is 127. The summed E-state index contributed by atoms with van der Waals surface area (Å²) in [6.45, 7) is 50.5. The second kappa shape index (κ2) is 21.4. The zero-order chi connectivity index (χ0) is 52.1. The molecular formula is C30H90O20Si16. The fraction of sp³-hybridized carbons (Fsp3) is 1.00. The molecule has 0 aliphatic carbocycles. The van der Waals surface area contributed by atoms with Crippen molar-refractivity contribution in [3.8, 4) is 0 Å². The molecule has 36 heteroatoms. The first kappa shape index (κ1) is 64.8. The van der Waals surface area contributed by atoms with Crippen LogP contribution in [0.5, 0.6) is 0 Å². The number of rotatable bonds is 11. The molecule has 0 aromatic rings. The number of fused-ring (bicyclic) bond motifs is 4. The minimum absolute atomic E-state index is 1.13. The van der Waals surface area contributed by atoms with Gasteiger partial charge in [0, 0.05) is 74.8 Å². The van der Waals surface area contributed by atoms with Gasteiger partial charge in [0.05, 0.1) is 0 Å². The van der Waals surface area contributed by atoms with E-state index in [-0.39, 0.29) is 0 Å². The molecule has 0 N–H and O–H groups in total. The number of hydrogen-bond acceptors (Lipinski definition) is 20. The zero-order valence-corrected chi connectivity index (χ0v) is 62.2. The van der Waals surface area contributed by atoms with Crippen LogP contribution < -0.4 is 0 Å². The van der Waals surface area contributed by atoms with Crippen molar-refractivity contribution in [1.82, 2.24) is 0 Å². The maximum atomic E-state index is 6.98. The third kappa shape index (κ3) is 18.2. The summed E-state index contributed by atoms with van der Waals surface area (Å²) in [7, 11) is -36.9. The van der Waals surface area contributed by atoms with Crippen molar-refractivity contribution in [3.63, 3.8) is 0 Å². The molecule has 394 valence electrons. The molecule has 6 heterocycles. The summed E-state index contributed by atoms with van der Waals surface area (Å²) in [4.78, 5) is 0. The Labute approximate surface area is 416 Å². The molecule has 0 saturated carbocycles. The van der Waals surface area contributed by atoms with Gasteiger partial charge in [-0.25, -0.2) is 0 Å². The molecule has 8 bridgehead atoms. The van der Waals surface area contributed by atoms with Crippen LogP contribution in [0.1, 0.15) is 0 Å². The Morgan fingerprint density at radius 1 is 0.258 bits per heavy atom.